The molecule has 106 valence electrons. The lowest BCUT2D eigenvalue weighted by molar-refractivity contribution is -0.145. The molecular weight excluding hydrogens is 256 g/mol. The highest BCUT2D eigenvalue weighted by Crippen LogP contribution is 2.13. The molecule has 0 aromatic rings. The number of nitrogens with one attached hydrogen (secondary N) is 2. The van der Waals surface area contributed by atoms with Crippen molar-refractivity contribution in [1.29, 1.82) is 0 Å². The Morgan fingerprint density at radius 1 is 1.58 bits per heavy atom. The Labute approximate surface area is 109 Å². The first-order chi connectivity index (χ1) is 8.82. The largest absolute Gasteiger partial charge is 0.481 e. The average molecular weight is 272 g/mol. The number of aliphatic carboxylic acids is 1. The lowest BCUT2D eigenvalue weighted by Gasteiger charge is -2.37. The molecule has 0 aromatic heterocycles. The highest BCUT2D eigenvalue weighted by atomic mass is 16.4. The Morgan fingerprint density at radius 3 is 2.74 bits per heavy atom. The summed E-state index contributed by atoms with van der Waals surface area (Å²) in [6.07, 6.45) is -0.417. The highest BCUT2D eigenvalue weighted by molar-refractivity contribution is 5.96. The van der Waals surface area contributed by atoms with Gasteiger partial charge in [-0.1, -0.05) is 0 Å². The normalized spacial score (nSPS) is 21.3. The first kappa shape index (κ1) is 14.9. The molecule has 2 atom stereocenters. The van der Waals surface area contributed by atoms with E-state index in [1.807, 2.05) is 5.32 Å². The van der Waals surface area contributed by atoms with E-state index < -0.39 is 42.3 Å². The third-order valence-corrected chi connectivity index (χ3v) is 2.86. The lowest BCUT2D eigenvalue weighted by Crippen LogP contribution is -2.61. The van der Waals surface area contributed by atoms with Gasteiger partial charge in [-0.15, -0.1) is 0 Å². The third kappa shape index (κ3) is 3.91. The second kappa shape index (κ2) is 6.14. The number of carboxylic acid groups (broad SMARTS) is 1. The van der Waals surface area contributed by atoms with Crippen molar-refractivity contribution in [2.75, 3.05) is 13.1 Å². The monoisotopic (exact) mass is 272 g/mol. The molecule has 19 heavy (non-hydrogen) atoms. The predicted molar refractivity (Wildman–Crippen MR) is 62.9 cm³/mol. The number of carboxylic acids is 1. The quantitative estimate of drug-likeness (QED) is 0.459. The van der Waals surface area contributed by atoms with E-state index in [2.05, 4.69) is 5.32 Å². The molecule has 0 saturated carbocycles. The number of hydrogen-bond acceptors (Lipinski definition) is 5. The van der Waals surface area contributed by atoms with E-state index in [0.717, 1.165) is 0 Å². The zero-order valence-electron chi connectivity index (χ0n) is 10.4. The van der Waals surface area contributed by atoms with Crippen LogP contribution in [-0.2, 0) is 14.4 Å². The summed E-state index contributed by atoms with van der Waals surface area (Å²) >= 11 is 0. The third-order valence-electron chi connectivity index (χ3n) is 2.86. The molecule has 2 unspecified atom stereocenters. The Balaban J connectivity index is 2.81. The molecule has 0 aliphatic carbocycles. The van der Waals surface area contributed by atoms with Crippen LogP contribution >= 0.6 is 0 Å². The highest BCUT2D eigenvalue weighted by Gasteiger charge is 2.36. The number of hydrogen-bond donors (Lipinski definition) is 4. The molecule has 1 saturated heterocycles. The van der Waals surface area contributed by atoms with Crippen molar-refractivity contribution in [2.45, 2.75) is 25.4 Å². The lowest BCUT2D eigenvalue weighted by atomic mass is 10.1. The molecular formula is C10H16N4O5. The molecule has 0 bridgehead atoms. The Kier molecular flexibility index (Phi) is 4.81. The van der Waals surface area contributed by atoms with Gasteiger partial charge in [-0.05, 0) is 6.92 Å². The van der Waals surface area contributed by atoms with Crippen molar-refractivity contribution >= 4 is 23.8 Å². The zero-order chi connectivity index (χ0) is 14.6. The summed E-state index contributed by atoms with van der Waals surface area (Å²) in [5.41, 5.74) is 4.84. The fraction of sp³-hybridized carbons (Fsp3) is 0.600. The van der Waals surface area contributed by atoms with Gasteiger partial charge in [0.15, 0.2) is 0 Å². The van der Waals surface area contributed by atoms with Crippen LogP contribution < -0.4 is 16.4 Å². The van der Waals surface area contributed by atoms with Crippen LogP contribution in [-0.4, -0.2) is 59.0 Å². The molecule has 1 fully saturated rings. The molecule has 0 aromatic carbocycles. The zero-order valence-corrected chi connectivity index (χ0v) is 10.4. The fourth-order valence-corrected chi connectivity index (χ4v) is 1.95. The topological polar surface area (TPSA) is 142 Å². The number of primary amides is 1. The number of nitrogens with zero attached hydrogens (tertiary/aromatic N) is 1. The molecule has 4 amide bonds. The van der Waals surface area contributed by atoms with Crippen LogP contribution in [0.3, 0.4) is 0 Å². The molecule has 1 heterocycles. The summed E-state index contributed by atoms with van der Waals surface area (Å²) in [5.74, 6) is -2.26. The van der Waals surface area contributed by atoms with Gasteiger partial charge in [-0.25, -0.2) is 4.79 Å². The van der Waals surface area contributed by atoms with Gasteiger partial charge in [0.1, 0.15) is 6.04 Å². The second-order valence-electron chi connectivity index (χ2n) is 4.17. The van der Waals surface area contributed by atoms with E-state index in [0.29, 0.717) is 13.1 Å². The fourth-order valence-electron chi connectivity index (χ4n) is 1.95. The van der Waals surface area contributed by atoms with Gasteiger partial charge in [0.2, 0.25) is 11.8 Å². The molecule has 1 rings (SSSR count). The minimum absolute atomic E-state index is 0.309. The summed E-state index contributed by atoms with van der Waals surface area (Å²) in [7, 11) is 0. The minimum atomic E-state index is -1.14. The summed E-state index contributed by atoms with van der Waals surface area (Å²) in [4.78, 5) is 46.1. The van der Waals surface area contributed by atoms with Crippen molar-refractivity contribution < 1.29 is 24.3 Å². The first-order valence-electron chi connectivity index (χ1n) is 5.68. The number of carbonyl (C=O) groups excluding carboxylic acids is 3. The maximum Gasteiger partial charge on any atom is 0.318 e. The molecule has 0 spiro atoms. The van der Waals surface area contributed by atoms with Crippen LogP contribution in [0.4, 0.5) is 4.79 Å². The maximum atomic E-state index is 11.7. The predicted octanol–water partition coefficient (Wildman–Crippen LogP) is -2.16. The second-order valence-corrected chi connectivity index (χ2v) is 4.17. The number of amides is 4. The van der Waals surface area contributed by atoms with Crippen LogP contribution in [0.2, 0.25) is 0 Å². The van der Waals surface area contributed by atoms with Crippen molar-refractivity contribution in [1.82, 2.24) is 15.5 Å². The van der Waals surface area contributed by atoms with Gasteiger partial charge in [-0.2, -0.15) is 0 Å². The smallest absolute Gasteiger partial charge is 0.318 e. The van der Waals surface area contributed by atoms with Crippen molar-refractivity contribution in [3.05, 3.63) is 0 Å². The summed E-state index contributed by atoms with van der Waals surface area (Å²) in [5, 5.41) is 13.2. The van der Waals surface area contributed by atoms with Crippen molar-refractivity contribution in [2.24, 2.45) is 5.73 Å². The molecule has 9 heteroatoms. The van der Waals surface area contributed by atoms with E-state index in [-0.39, 0.29) is 0 Å². The van der Waals surface area contributed by atoms with Crippen LogP contribution in [0.15, 0.2) is 0 Å². The molecule has 5 N–H and O–H groups in total. The number of imide groups is 1. The number of carbonyl (C=O) groups is 4. The first-order valence-corrected chi connectivity index (χ1v) is 5.68. The van der Waals surface area contributed by atoms with Crippen LogP contribution in [0.25, 0.3) is 0 Å². The number of piperazine rings is 1. The summed E-state index contributed by atoms with van der Waals surface area (Å²) in [6.45, 7) is 2.10. The molecule has 1 aliphatic heterocycles. The summed E-state index contributed by atoms with van der Waals surface area (Å²) in [6, 6.07) is -2.77. The molecule has 0 radical (unpaired) electrons. The number of nitrogens with two attached hydrogens (primary N) is 1. The van der Waals surface area contributed by atoms with Crippen molar-refractivity contribution in [3.8, 4) is 0 Å². The average Bonchev–Trinajstić information content (AvgIpc) is 2.29. The van der Waals surface area contributed by atoms with Gasteiger partial charge in [-0.3, -0.25) is 24.6 Å². The SMILES string of the molecule is CC(C(=O)NC(N)=O)N1CCNC(=O)C1CC(=O)O. The molecule has 9 nitrogen and oxygen atoms in total. The maximum absolute atomic E-state index is 11.7. The Bertz CT molecular complexity index is 411. The molecule has 1 aliphatic rings. The Morgan fingerprint density at radius 2 is 2.21 bits per heavy atom. The van der Waals surface area contributed by atoms with Gasteiger partial charge >= 0.3 is 12.0 Å². The summed E-state index contributed by atoms with van der Waals surface area (Å²) < 4.78 is 0. The van der Waals surface area contributed by atoms with Crippen LogP contribution in [0.5, 0.6) is 0 Å². The standard InChI is InChI=1S/C10H16N4O5/c1-5(8(17)13-10(11)19)14-3-2-12-9(18)6(14)4-7(15)16/h5-6H,2-4H2,1H3,(H,12,18)(H,15,16)(H3,11,13,17,19). The Hall–Kier alpha value is -2.16. The van der Waals surface area contributed by atoms with E-state index in [1.165, 1.54) is 11.8 Å². The number of urea groups is 1. The van der Waals surface area contributed by atoms with E-state index in [4.69, 9.17) is 10.8 Å². The van der Waals surface area contributed by atoms with Gasteiger partial charge < -0.3 is 16.2 Å². The van der Waals surface area contributed by atoms with E-state index in [9.17, 15) is 19.2 Å². The van der Waals surface area contributed by atoms with Crippen molar-refractivity contribution in [3.63, 3.8) is 0 Å². The van der Waals surface area contributed by atoms with E-state index in [1.54, 1.807) is 0 Å². The number of rotatable bonds is 4. The van der Waals surface area contributed by atoms with Gasteiger partial charge in [0.25, 0.3) is 0 Å². The van der Waals surface area contributed by atoms with Gasteiger partial charge in [0.05, 0.1) is 12.5 Å². The minimum Gasteiger partial charge on any atom is -0.481 e. The van der Waals surface area contributed by atoms with Crippen LogP contribution in [0.1, 0.15) is 13.3 Å². The van der Waals surface area contributed by atoms with Gasteiger partial charge in [0, 0.05) is 13.1 Å². The van der Waals surface area contributed by atoms with Crippen LogP contribution in [0, 0.1) is 0 Å². The van der Waals surface area contributed by atoms with E-state index >= 15 is 0 Å².